The van der Waals surface area contributed by atoms with Crippen molar-refractivity contribution in [1.82, 2.24) is 4.90 Å². The Morgan fingerprint density at radius 3 is 2.70 bits per heavy atom. The van der Waals surface area contributed by atoms with E-state index in [0.717, 1.165) is 20.6 Å². The number of benzene rings is 2. The van der Waals surface area contributed by atoms with Crippen LogP contribution in [-0.2, 0) is 11.3 Å². The molecule has 7 heteroatoms. The van der Waals surface area contributed by atoms with Crippen molar-refractivity contribution in [1.29, 1.82) is 0 Å². The predicted molar refractivity (Wildman–Crippen MR) is 129 cm³/mol. The fraction of sp³-hybridized carbons (Fsp3) is 0.130. The van der Waals surface area contributed by atoms with Crippen molar-refractivity contribution in [2.45, 2.75) is 13.5 Å². The summed E-state index contributed by atoms with van der Waals surface area (Å²) in [6, 6.07) is 19.2. The van der Waals surface area contributed by atoms with Crippen LogP contribution in [0.4, 0.5) is 5.69 Å². The van der Waals surface area contributed by atoms with Gasteiger partial charge in [0.2, 0.25) is 0 Å². The molecule has 2 aromatic carbocycles. The molecule has 0 unspecified atom stereocenters. The third kappa shape index (κ3) is 4.79. The second-order valence-corrected chi connectivity index (χ2v) is 8.61. The van der Waals surface area contributed by atoms with Crippen molar-refractivity contribution in [3.05, 3.63) is 86.7 Å². The van der Waals surface area contributed by atoms with E-state index in [9.17, 15) is 4.79 Å². The number of amides is 1. The van der Waals surface area contributed by atoms with E-state index in [2.05, 4.69) is 22.6 Å². The first-order valence-corrected chi connectivity index (χ1v) is 11.3. The predicted octanol–water partition coefficient (Wildman–Crippen LogP) is 6.09. The third-order valence-corrected chi connectivity index (χ3v) is 6.17. The lowest BCUT2D eigenvalue weighted by molar-refractivity contribution is -0.122. The van der Waals surface area contributed by atoms with Crippen molar-refractivity contribution < 1.29 is 13.9 Å². The maximum atomic E-state index is 13.2. The number of furan rings is 1. The number of rotatable bonds is 6. The van der Waals surface area contributed by atoms with E-state index in [1.54, 1.807) is 11.2 Å². The Kier molecular flexibility index (Phi) is 6.59. The number of halogens is 1. The van der Waals surface area contributed by atoms with Gasteiger partial charge in [-0.15, -0.1) is 0 Å². The minimum absolute atomic E-state index is 0.0880. The highest BCUT2D eigenvalue weighted by Gasteiger charge is 2.34. The van der Waals surface area contributed by atoms with Gasteiger partial charge in [-0.1, -0.05) is 24.3 Å². The zero-order valence-corrected chi connectivity index (χ0v) is 19.2. The first-order valence-electron chi connectivity index (χ1n) is 9.44. The zero-order valence-electron chi connectivity index (χ0n) is 16.2. The zero-order chi connectivity index (χ0) is 20.9. The summed E-state index contributed by atoms with van der Waals surface area (Å²) in [5.74, 6) is 1.47. The smallest absolute Gasteiger partial charge is 0.267 e. The lowest BCUT2D eigenvalue weighted by Gasteiger charge is -2.13. The molecule has 1 fully saturated rings. The van der Waals surface area contributed by atoms with Crippen LogP contribution in [0, 0.1) is 3.57 Å². The molecular formula is C23H19IN2O3S. The summed E-state index contributed by atoms with van der Waals surface area (Å²) in [5.41, 5.74) is 1.74. The second kappa shape index (κ2) is 9.53. The Morgan fingerprint density at radius 2 is 2.00 bits per heavy atom. The fourth-order valence-corrected chi connectivity index (χ4v) is 4.63. The van der Waals surface area contributed by atoms with Gasteiger partial charge in [0.1, 0.15) is 11.5 Å². The molecule has 0 bridgehead atoms. The Morgan fingerprint density at radius 1 is 1.17 bits per heavy atom. The molecule has 1 aliphatic heterocycles. The molecule has 1 amide bonds. The second-order valence-electron chi connectivity index (χ2n) is 6.43. The number of ether oxygens (including phenoxy) is 1. The molecule has 30 heavy (non-hydrogen) atoms. The minimum atomic E-state index is -0.0880. The maximum Gasteiger partial charge on any atom is 0.267 e. The Hall–Kier alpha value is -2.52. The van der Waals surface area contributed by atoms with E-state index in [-0.39, 0.29) is 5.91 Å². The molecule has 0 saturated carbocycles. The highest BCUT2D eigenvalue weighted by molar-refractivity contribution is 14.1. The molecule has 1 aromatic heterocycles. The van der Waals surface area contributed by atoms with Gasteiger partial charge in [-0.25, -0.2) is 4.99 Å². The van der Waals surface area contributed by atoms with E-state index in [0.29, 0.717) is 29.0 Å². The van der Waals surface area contributed by atoms with Crippen molar-refractivity contribution in [3.8, 4) is 5.75 Å². The molecule has 0 aliphatic carbocycles. The van der Waals surface area contributed by atoms with Crippen LogP contribution in [0.2, 0.25) is 0 Å². The van der Waals surface area contributed by atoms with Crippen LogP contribution in [0.25, 0.3) is 6.08 Å². The van der Waals surface area contributed by atoms with Crippen LogP contribution in [0.3, 0.4) is 0 Å². The summed E-state index contributed by atoms with van der Waals surface area (Å²) in [4.78, 5) is 20.2. The molecule has 0 spiro atoms. The molecule has 152 valence electrons. The molecule has 0 N–H and O–H groups in total. The van der Waals surface area contributed by atoms with Crippen LogP contribution in [0.1, 0.15) is 18.2 Å². The van der Waals surface area contributed by atoms with Gasteiger partial charge in [0.25, 0.3) is 5.91 Å². The van der Waals surface area contributed by atoms with E-state index in [1.807, 2.05) is 73.7 Å². The van der Waals surface area contributed by atoms with E-state index >= 15 is 0 Å². The summed E-state index contributed by atoms with van der Waals surface area (Å²) in [5, 5.41) is 0.634. The van der Waals surface area contributed by atoms with Crippen LogP contribution in [0.15, 0.2) is 81.2 Å². The molecule has 2 heterocycles. The summed E-state index contributed by atoms with van der Waals surface area (Å²) < 4.78 is 12.1. The lowest BCUT2D eigenvalue weighted by Crippen LogP contribution is -2.28. The molecule has 5 nitrogen and oxygen atoms in total. The van der Waals surface area contributed by atoms with Gasteiger partial charge in [0.05, 0.1) is 33.6 Å². The van der Waals surface area contributed by atoms with Gasteiger partial charge in [0.15, 0.2) is 5.17 Å². The van der Waals surface area contributed by atoms with Gasteiger partial charge in [-0.05, 0) is 89.3 Å². The standard InChI is InChI=1S/C23H19IN2O3S/c1-2-28-20-11-10-16(13-19(20)24)14-21-22(27)26(15-18-9-6-12-29-18)23(30-21)25-17-7-4-3-5-8-17/h3-14H,2,15H2,1H3/b21-14-,25-23?. The van der Waals surface area contributed by atoms with Crippen LogP contribution in [0.5, 0.6) is 5.75 Å². The van der Waals surface area contributed by atoms with Crippen molar-refractivity contribution in [3.63, 3.8) is 0 Å². The van der Waals surface area contributed by atoms with Gasteiger partial charge < -0.3 is 9.15 Å². The number of para-hydroxylation sites is 1. The van der Waals surface area contributed by atoms with Crippen molar-refractivity contribution in [2.75, 3.05) is 6.61 Å². The number of nitrogens with zero attached hydrogens (tertiary/aromatic N) is 2. The molecule has 1 aliphatic rings. The SMILES string of the molecule is CCOc1ccc(/C=C2\SC(=Nc3ccccc3)N(Cc3ccco3)C2=O)cc1I. The Labute approximate surface area is 193 Å². The first-order chi connectivity index (χ1) is 14.6. The molecule has 4 rings (SSSR count). The van der Waals surface area contributed by atoms with Crippen LogP contribution < -0.4 is 4.74 Å². The Balaban J connectivity index is 1.66. The quantitative estimate of drug-likeness (QED) is 0.286. The van der Waals surface area contributed by atoms with E-state index < -0.39 is 0 Å². The minimum Gasteiger partial charge on any atom is -0.493 e. The Bertz CT molecular complexity index is 1090. The van der Waals surface area contributed by atoms with Crippen molar-refractivity contribution >= 4 is 57.2 Å². The van der Waals surface area contributed by atoms with Gasteiger partial charge in [0, 0.05) is 0 Å². The van der Waals surface area contributed by atoms with Gasteiger partial charge >= 0.3 is 0 Å². The number of hydrogen-bond donors (Lipinski definition) is 0. The molecular weight excluding hydrogens is 511 g/mol. The fourth-order valence-electron chi connectivity index (χ4n) is 2.93. The maximum absolute atomic E-state index is 13.2. The highest BCUT2D eigenvalue weighted by Crippen LogP contribution is 2.35. The molecule has 0 atom stereocenters. The van der Waals surface area contributed by atoms with Crippen molar-refractivity contribution in [2.24, 2.45) is 4.99 Å². The number of aliphatic imine (C=N–C) groups is 1. The van der Waals surface area contributed by atoms with Crippen LogP contribution >= 0.6 is 34.4 Å². The summed E-state index contributed by atoms with van der Waals surface area (Å²) in [7, 11) is 0. The third-order valence-electron chi connectivity index (χ3n) is 4.32. The largest absolute Gasteiger partial charge is 0.493 e. The molecule has 0 radical (unpaired) electrons. The first kappa shape index (κ1) is 20.7. The lowest BCUT2D eigenvalue weighted by atomic mass is 10.2. The summed E-state index contributed by atoms with van der Waals surface area (Å²) in [6.45, 7) is 2.91. The van der Waals surface area contributed by atoms with E-state index in [4.69, 9.17) is 14.1 Å². The number of carbonyl (C=O) groups excluding carboxylic acids is 1. The van der Waals surface area contributed by atoms with Crippen LogP contribution in [-0.4, -0.2) is 22.6 Å². The average Bonchev–Trinajstić information content (AvgIpc) is 3.35. The van der Waals surface area contributed by atoms with Gasteiger partial charge in [-0.2, -0.15) is 0 Å². The summed E-state index contributed by atoms with van der Waals surface area (Å²) in [6.07, 6.45) is 3.50. The number of thioether (sulfide) groups is 1. The summed E-state index contributed by atoms with van der Waals surface area (Å²) >= 11 is 3.62. The average molecular weight is 530 g/mol. The van der Waals surface area contributed by atoms with E-state index in [1.165, 1.54) is 11.8 Å². The highest BCUT2D eigenvalue weighted by atomic mass is 127. The number of amidine groups is 1. The molecule has 3 aromatic rings. The number of carbonyl (C=O) groups is 1. The topological polar surface area (TPSA) is 55.0 Å². The van der Waals surface area contributed by atoms with Gasteiger partial charge in [-0.3, -0.25) is 9.69 Å². The number of hydrogen-bond acceptors (Lipinski definition) is 5. The molecule has 1 saturated heterocycles. The normalized spacial score (nSPS) is 16.6. The monoisotopic (exact) mass is 530 g/mol.